The molecule has 21 heavy (non-hydrogen) atoms. The van der Waals surface area contributed by atoms with Crippen LogP contribution in [0.1, 0.15) is 16.1 Å². The van der Waals surface area contributed by atoms with Crippen LogP contribution >= 0.6 is 34.8 Å². The third kappa shape index (κ3) is 3.32. The van der Waals surface area contributed by atoms with Crippen molar-refractivity contribution in [2.45, 2.75) is 6.92 Å². The molecule has 0 spiro atoms. The molecule has 0 saturated heterocycles. The minimum Gasteiger partial charge on any atom is -0.476 e. The summed E-state index contributed by atoms with van der Waals surface area (Å²) in [4.78, 5) is 15.0. The van der Waals surface area contributed by atoms with Gasteiger partial charge in [-0.1, -0.05) is 34.8 Å². The van der Waals surface area contributed by atoms with Gasteiger partial charge in [0.25, 0.3) is 0 Å². The minimum absolute atomic E-state index is 0.0210. The van der Waals surface area contributed by atoms with Gasteiger partial charge in [-0.3, -0.25) is 0 Å². The Morgan fingerprint density at radius 3 is 2.33 bits per heavy atom. The van der Waals surface area contributed by atoms with Gasteiger partial charge >= 0.3 is 5.97 Å². The maximum absolute atomic E-state index is 11.1. The summed E-state index contributed by atoms with van der Waals surface area (Å²) in [6.07, 6.45) is 0. The van der Waals surface area contributed by atoms with E-state index in [4.69, 9.17) is 50.4 Å². The van der Waals surface area contributed by atoms with E-state index in [9.17, 15) is 4.79 Å². The number of nitrogens with zero attached hydrogens (tertiary/aromatic N) is 1. The summed E-state index contributed by atoms with van der Waals surface area (Å²) >= 11 is 17.6. The van der Waals surface area contributed by atoms with E-state index >= 15 is 0 Å². The predicted octanol–water partition coefficient (Wildman–Crippen LogP) is 4.42. The van der Waals surface area contributed by atoms with Crippen molar-refractivity contribution in [3.8, 4) is 11.6 Å². The fourth-order valence-corrected chi connectivity index (χ4v) is 2.35. The Labute approximate surface area is 135 Å². The molecular weight excluding hydrogens is 339 g/mol. The lowest BCUT2D eigenvalue weighted by molar-refractivity contribution is 0.0690. The molecule has 0 aliphatic rings. The van der Waals surface area contributed by atoms with E-state index < -0.39 is 5.97 Å². The monoisotopic (exact) mass is 346 g/mol. The lowest BCUT2D eigenvalue weighted by Gasteiger charge is -2.12. The SMILES string of the molecule is Cc1c(Oc2cc(Cl)cc(Cl)c2)nc(C(=O)O)c(Cl)c1N. The fraction of sp³-hybridized carbons (Fsp3) is 0.0769. The summed E-state index contributed by atoms with van der Waals surface area (Å²) in [5.74, 6) is -0.977. The Balaban J connectivity index is 2.51. The second-order valence-electron chi connectivity index (χ2n) is 4.13. The molecular formula is C13H9Cl3N2O3. The Morgan fingerprint density at radius 1 is 1.24 bits per heavy atom. The highest BCUT2D eigenvalue weighted by Crippen LogP contribution is 2.35. The highest BCUT2D eigenvalue weighted by molar-refractivity contribution is 6.36. The Kier molecular flexibility index (Phi) is 4.46. The number of carboxylic acid groups (broad SMARTS) is 1. The number of nitrogen functional groups attached to an aromatic ring is 1. The number of nitrogens with two attached hydrogens (primary N) is 1. The van der Waals surface area contributed by atoms with E-state index in [0.29, 0.717) is 21.4 Å². The average Bonchev–Trinajstić information content (AvgIpc) is 2.38. The van der Waals surface area contributed by atoms with Gasteiger partial charge in [0.2, 0.25) is 5.88 Å². The van der Waals surface area contributed by atoms with Crippen LogP contribution in [0.15, 0.2) is 18.2 Å². The van der Waals surface area contributed by atoms with Gasteiger partial charge in [0.1, 0.15) is 5.75 Å². The zero-order valence-corrected chi connectivity index (χ0v) is 12.9. The highest BCUT2D eigenvalue weighted by atomic mass is 35.5. The van der Waals surface area contributed by atoms with Gasteiger partial charge in [-0.2, -0.15) is 0 Å². The van der Waals surface area contributed by atoms with Crippen LogP contribution in [0, 0.1) is 6.92 Å². The summed E-state index contributed by atoms with van der Waals surface area (Å²) in [5.41, 5.74) is 5.89. The van der Waals surface area contributed by atoms with Crippen LogP contribution in [0.3, 0.4) is 0 Å². The van der Waals surface area contributed by atoms with Crippen LogP contribution in [0.2, 0.25) is 15.1 Å². The smallest absolute Gasteiger partial charge is 0.356 e. The maximum Gasteiger partial charge on any atom is 0.356 e. The Morgan fingerprint density at radius 2 is 1.81 bits per heavy atom. The number of pyridine rings is 1. The van der Waals surface area contributed by atoms with Crippen LogP contribution in [0.25, 0.3) is 0 Å². The van der Waals surface area contributed by atoms with Crippen molar-refractivity contribution >= 4 is 46.5 Å². The molecule has 0 amide bonds. The third-order valence-electron chi connectivity index (χ3n) is 2.64. The number of carbonyl (C=O) groups is 1. The number of aromatic carboxylic acids is 1. The van der Waals surface area contributed by atoms with Crippen LogP contribution in [-0.2, 0) is 0 Å². The molecule has 2 rings (SSSR count). The molecule has 0 saturated carbocycles. The molecule has 0 radical (unpaired) electrons. The summed E-state index contributed by atoms with van der Waals surface area (Å²) in [5, 5.41) is 9.67. The van der Waals surface area contributed by atoms with Crippen LogP contribution in [0.4, 0.5) is 5.69 Å². The van der Waals surface area contributed by atoms with Crippen molar-refractivity contribution in [1.82, 2.24) is 4.98 Å². The van der Waals surface area contributed by atoms with E-state index in [-0.39, 0.29) is 22.3 Å². The molecule has 1 aromatic carbocycles. The molecule has 0 unspecified atom stereocenters. The van der Waals surface area contributed by atoms with Crippen molar-refractivity contribution in [3.05, 3.63) is 44.5 Å². The summed E-state index contributed by atoms with van der Waals surface area (Å²) < 4.78 is 5.52. The molecule has 110 valence electrons. The molecule has 5 nitrogen and oxygen atoms in total. The normalized spacial score (nSPS) is 10.5. The quantitative estimate of drug-likeness (QED) is 0.858. The first-order valence-electron chi connectivity index (χ1n) is 5.62. The van der Waals surface area contributed by atoms with E-state index in [0.717, 1.165) is 0 Å². The Hall–Kier alpha value is -1.69. The zero-order chi connectivity index (χ0) is 15.7. The summed E-state index contributed by atoms with van der Waals surface area (Å²) in [6, 6.07) is 4.56. The average molecular weight is 348 g/mol. The first-order valence-corrected chi connectivity index (χ1v) is 6.75. The second kappa shape index (κ2) is 5.97. The molecule has 8 heteroatoms. The van der Waals surface area contributed by atoms with Crippen molar-refractivity contribution in [3.63, 3.8) is 0 Å². The first-order chi connectivity index (χ1) is 9.79. The van der Waals surface area contributed by atoms with Crippen molar-refractivity contribution in [1.29, 1.82) is 0 Å². The largest absolute Gasteiger partial charge is 0.476 e. The Bertz CT molecular complexity index is 715. The number of hydrogen-bond donors (Lipinski definition) is 2. The van der Waals surface area contributed by atoms with E-state index in [2.05, 4.69) is 4.98 Å². The number of halogens is 3. The standard InChI is InChI=1S/C13H9Cl3N2O3/c1-5-10(17)9(16)11(13(19)20)18-12(5)21-8-3-6(14)2-7(15)4-8/h2-4H,1H3,(H2,17,18)(H,19,20). The van der Waals surface area contributed by atoms with Crippen molar-refractivity contribution < 1.29 is 14.6 Å². The molecule has 3 N–H and O–H groups in total. The molecule has 0 bridgehead atoms. The molecule has 1 aromatic heterocycles. The topological polar surface area (TPSA) is 85.4 Å². The van der Waals surface area contributed by atoms with Gasteiger partial charge in [0.05, 0.1) is 10.7 Å². The number of carboxylic acids is 1. The number of hydrogen-bond acceptors (Lipinski definition) is 4. The molecule has 0 atom stereocenters. The van der Waals surface area contributed by atoms with Crippen molar-refractivity contribution in [2.75, 3.05) is 5.73 Å². The van der Waals surface area contributed by atoms with Gasteiger partial charge in [-0.25, -0.2) is 9.78 Å². The lowest BCUT2D eigenvalue weighted by atomic mass is 10.2. The number of aromatic nitrogens is 1. The molecule has 0 fully saturated rings. The number of benzene rings is 1. The number of anilines is 1. The molecule has 1 heterocycles. The van der Waals surface area contributed by atoms with Gasteiger partial charge in [-0.05, 0) is 25.1 Å². The lowest BCUT2D eigenvalue weighted by Crippen LogP contribution is -2.07. The summed E-state index contributed by atoms with van der Waals surface area (Å²) in [7, 11) is 0. The van der Waals surface area contributed by atoms with Crippen molar-refractivity contribution in [2.24, 2.45) is 0 Å². The minimum atomic E-state index is -1.30. The number of ether oxygens (including phenoxy) is 1. The number of rotatable bonds is 3. The predicted molar refractivity (Wildman–Crippen MR) is 81.9 cm³/mol. The molecule has 0 aliphatic carbocycles. The fourth-order valence-electron chi connectivity index (χ4n) is 1.58. The van der Waals surface area contributed by atoms with Crippen LogP contribution < -0.4 is 10.5 Å². The third-order valence-corrected chi connectivity index (χ3v) is 3.45. The first kappa shape index (κ1) is 15.7. The maximum atomic E-state index is 11.1. The van der Waals surface area contributed by atoms with Gasteiger partial charge in [0.15, 0.2) is 5.69 Å². The van der Waals surface area contributed by atoms with Crippen LogP contribution in [-0.4, -0.2) is 16.1 Å². The van der Waals surface area contributed by atoms with Gasteiger partial charge in [0, 0.05) is 15.6 Å². The highest BCUT2D eigenvalue weighted by Gasteiger charge is 2.20. The summed E-state index contributed by atoms with van der Waals surface area (Å²) in [6.45, 7) is 1.61. The van der Waals surface area contributed by atoms with E-state index in [1.165, 1.54) is 18.2 Å². The van der Waals surface area contributed by atoms with Crippen LogP contribution in [0.5, 0.6) is 11.6 Å². The zero-order valence-electron chi connectivity index (χ0n) is 10.7. The van der Waals surface area contributed by atoms with E-state index in [1.54, 1.807) is 6.92 Å². The van der Waals surface area contributed by atoms with Gasteiger partial charge in [-0.15, -0.1) is 0 Å². The van der Waals surface area contributed by atoms with Gasteiger partial charge < -0.3 is 15.6 Å². The molecule has 2 aromatic rings. The molecule has 0 aliphatic heterocycles. The second-order valence-corrected chi connectivity index (χ2v) is 5.38. The van der Waals surface area contributed by atoms with E-state index in [1.807, 2.05) is 0 Å².